The molecule has 3 atom stereocenters. The molecule has 0 aliphatic carbocycles. The second kappa shape index (κ2) is 6.91. The van der Waals surface area contributed by atoms with Gasteiger partial charge in [-0.2, -0.15) is 0 Å². The molecule has 0 radical (unpaired) electrons. The predicted molar refractivity (Wildman–Crippen MR) is 82.0 cm³/mol. The van der Waals surface area contributed by atoms with Gasteiger partial charge in [0, 0.05) is 18.7 Å². The summed E-state index contributed by atoms with van der Waals surface area (Å²) in [5, 5.41) is 9.46. The first-order valence-electron chi connectivity index (χ1n) is 7.40. The summed E-state index contributed by atoms with van der Waals surface area (Å²) in [4.78, 5) is 25.1. The van der Waals surface area contributed by atoms with Gasteiger partial charge in [-0.15, -0.1) is 0 Å². The zero-order valence-electron chi connectivity index (χ0n) is 12.4. The first-order chi connectivity index (χ1) is 11.2. The molecule has 0 amide bonds. The number of nitrogens with one attached hydrogen (secondary N) is 1. The van der Waals surface area contributed by atoms with Crippen molar-refractivity contribution < 1.29 is 14.6 Å². The van der Waals surface area contributed by atoms with Gasteiger partial charge in [0.05, 0.1) is 19.3 Å². The van der Waals surface area contributed by atoms with Crippen LogP contribution in [0.4, 0.5) is 0 Å². The van der Waals surface area contributed by atoms with Gasteiger partial charge in [-0.25, -0.2) is 4.79 Å². The molecule has 0 spiro atoms. The second-order valence-corrected chi connectivity index (χ2v) is 5.40. The highest BCUT2D eigenvalue weighted by Gasteiger charge is 2.37. The first kappa shape index (κ1) is 15.7. The number of aromatic nitrogens is 2. The number of rotatable bonds is 5. The van der Waals surface area contributed by atoms with Gasteiger partial charge in [0.2, 0.25) is 0 Å². The predicted octanol–water partition coefficient (Wildman–Crippen LogP) is 0.402. The second-order valence-electron chi connectivity index (χ2n) is 5.40. The maximum Gasteiger partial charge on any atom is 0.330 e. The van der Waals surface area contributed by atoms with Gasteiger partial charge in [-0.05, 0) is 5.56 Å². The van der Waals surface area contributed by atoms with Gasteiger partial charge in [0.15, 0.2) is 0 Å². The molecule has 1 saturated heterocycles. The van der Waals surface area contributed by atoms with E-state index in [0.29, 0.717) is 13.0 Å². The van der Waals surface area contributed by atoms with Crippen molar-refractivity contribution in [3.8, 4) is 0 Å². The molecule has 7 nitrogen and oxygen atoms in total. The van der Waals surface area contributed by atoms with E-state index in [1.54, 1.807) is 0 Å². The van der Waals surface area contributed by atoms with Gasteiger partial charge in [0.25, 0.3) is 5.56 Å². The van der Waals surface area contributed by atoms with E-state index in [0.717, 1.165) is 5.56 Å². The van der Waals surface area contributed by atoms with Crippen molar-refractivity contribution in [2.75, 3.05) is 6.61 Å². The number of nitrogens with zero attached hydrogens (tertiary/aromatic N) is 1. The maximum atomic E-state index is 11.8. The van der Waals surface area contributed by atoms with E-state index in [4.69, 9.17) is 9.47 Å². The SMILES string of the molecule is O=c1ccn([C@H]2C[C@H](OCc3ccccc3)[C@@H](CO)O2)c(=O)[nH]1. The normalized spacial score (nSPS) is 24.0. The van der Waals surface area contributed by atoms with Crippen LogP contribution in [0.25, 0.3) is 0 Å². The van der Waals surface area contributed by atoms with Crippen molar-refractivity contribution in [1.82, 2.24) is 9.55 Å². The lowest BCUT2D eigenvalue weighted by molar-refractivity contribution is -0.0657. The third-order valence-electron chi connectivity index (χ3n) is 3.83. The molecular formula is C16H18N2O5. The standard InChI is InChI=1S/C16H18N2O5/c19-9-13-12(22-10-11-4-2-1-3-5-11)8-15(23-13)18-7-6-14(20)17-16(18)21/h1-7,12-13,15,19H,8-10H2,(H,17,20,21)/t12-,13+,15+/m0/s1. The Kier molecular flexibility index (Phi) is 4.71. The van der Waals surface area contributed by atoms with E-state index < -0.39 is 23.6 Å². The Balaban J connectivity index is 1.70. The average Bonchev–Trinajstić information content (AvgIpc) is 2.97. The zero-order valence-corrected chi connectivity index (χ0v) is 12.4. The van der Waals surface area contributed by atoms with Crippen molar-refractivity contribution in [3.63, 3.8) is 0 Å². The highest BCUT2D eigenvalue weighted by Crippen LogP contribution is 2.30. The Morgan fingerprint density at radius 1 is 1.26 bits per heavy atom. The summed E-state index contributed by atoms with van der Waals surface area (Å²) in [6.07, 6.45) is 0.396. The number of hydrogen-bond acceptors (Lipinski definition) is 5. The monoisotopic (exact) mass is 318 g/mol. The fraction of sp³-hybridized carbons (Fsp3) is 0.375. The van der Waals surface area contributed by atoms with E-state index in [-0.39, 0.29) is 12.7 Å². The van der Waals surface area contributed by atoms with Gasteiger partial charge < -0.3 is 14.6 Å². The summed E-state index contributed by atoms with van der Waals surface area (Å²) in [6.45, 7) is 0.201. The van der Waals surface area contributed by atoms with Crippen molar-refractivity contribution in [2.45, 2.75) is 31.5 Å². The topological polar surface area (TPSA) is 93.5 Å². The van der Waals surface area contributed by atoms with Gasteiger partial charge in [-0.3, -0.25) is 14.3 Å². The molecule has 2 N–H and O–H groups in total. The summed E-state index contributed by atoms with van der Waals surface area (Å²) in [6, 6.07) is 10.9. The summed E-state index contributed by atoms with van der Waals surface area (Å²) >= 11 is 0. The fourth-order valence-corrected chi connectivity index (χ4v) is 2.64. The molecule has 23 heavy (non-hydrogen) atoms. The number of hydrogen-bond donors (Lipinski definition) is 2. The van der Waals surface area contributed by atoms with Crippen molar-refractivity contribution in [2.24, 2.45) is 0 Å². The highest BCUT2D eigenvalue weighted by atomic mass is 16.6. The molecule has 3 rings (SSSR count). The molecule has 1 aromatic heterocycles. The van der Waals surface area contributed by atoms with E-state index in [2.05, 4.69) is 4.98 Å². The minimum absolute atomic E-state index is 0.200. The van der Waals surface area contributed by atoms with E-state index in [9.17, 15) is 14.7 Å². The Morgan fingerprint density at radius 3 is 2.74 bits per heavy atom. The molecule has 0 bridgehead atoms. The highest BCUT2D eigenvalue weighted by molar-refractivity contribution is 5.13. The van der Waals surface area contributed by atoms with Crippen molar-refractivity contribution in [3.05, 3.63) is 69.0 Å². The summed E-state index contributed by atoms with van der Waals surface area (Å²) < 4.78 is 12.8. The van der Waals surface area contributed by atoms with E-state index in [1.165, 1.54) is 16.8 Å². The quantitative estimate of drug-likeness (QED) is 0.832. The molecule has 1 aliphatic rings. The third kappa shape index (κ3) is 3.58. The minimum Gasteiger partial charge on any atom is -0.394 e. The van der Waals surface area contributed by atoms with Crippen LogP contribution in [-0.2, 0) is 16.1 Å². The Labute approximate surface area is 132 Å². The number of ether oxygens (including phenoxy) is 2. The lowest BCUT2D eigenvalue weighted by Gasteiger charge is -2.16. The lowest BCUT2D eigenvalue weighted by Crippen LogP contribution is -2.31. The maximum absolute atomic E-state index is 11.8. The largest absolute Gasteiger partial charge is 0.394 e. The minimum atomic E-state index is -0.572. The van der Waals surface area contributed by atoms with Crippen LogP contribution in [0.5, 0.6) is 0 Å². The molecule has 7 heteroatoms. The molecule has 1 fully saturated rings. The average molecular weight is 318 g/mol. The number of benzene rings is 1. The molecule has 2 heterocycles. The van der Waals surface area contributed by atoms with Crippen LogP contribution in [0.1, 0.15) is 18.2 Å². The fourth-order valence-electron chi connectivity index (χ4n) is 2.64. The van der Waals surface area contributed by atoms with Crippen LogP contribution in [-0.4, -0.2) is 33.5 Å². The van der Waals surface area contributed by atoms with Gasteiger partial charge >= 0.3 is 5.69 Å². The zero-order chi connectivity index (χ0) is 16.2. The molecule has 122 valence electrons. The molecular weight excluding hydrogens is 300 g/mol. The van der Waals surface area contributed by atoms with Crippen molar-refractivity contribution >= 4 is 0 Å². The Hall–Kier alpha value is -2.22. The molecule has 2 aromatic rings. The molecule has 1 aromatic carbocycles. The molecule has 0 unspecified atom stereocenters. The molecule has 1 aliphatic heterocycles. The van der Waals surface area contributed by atoms with Crippen LogP contribution in [0, 0.1) is 0 Å². The lowest BCUT2D eigenvalue weighted by atomic mass is 10.1. The van der Waals surface area contributed by atoms with Gasteiger partial charge in [0.1, 0.15) is 12.3 Å². The third-order valence-corrected chi connectivity index (χ3v) is 3.83. The summed E-state index contributed by atoms with van der Waals surface area (Å²) in [5.74, 6) is 0. The molecule has 0 saturated carbocycles. The smallest absolute Gasteiger partial charge is 0.330 e. The Morgan fingerprint density at radius 2 is 2.04 bits per heavy atom. The van der Waals surface area contributed by atoms with Crippen LogP contribution >= 0.6 is 0 Å². The summed E-state index contributed by atoms with van der Waals surface area (Å²) in [7, 11) is 0. The number of aliphatic hydroxyl groups is 1. The van der Waals surface area contributed by atoms with Crippen LogP contribution in [0.2, 0.25) is 0 Å². The van der Waals surface area contributed by atoms with Crippen LogP contribution in [0.15, 0.2) is 52.2 Å². The Bertz CT molecular complexity index is 755. The number of aromatic amines is 1. The summed E-state index contributed by atoms with van der Waals surface area (Å²) in [5.41, 5.74) is 0.0246. The van der Waals surface area contributed by atoms with Crippen LogP contribution < -0.4 is 11.2 Å². The number of aliphatic hydroxyl groups excluding tert-OH is 1. The van der Waals surface area contributed by atoms with Crippen LogP contribution in [0.3, 0.4) is 0 Å². The van der Waals surface area contributed by atoms with Crippen molar-refractivity contribution in [1.29, 1.82) is 0 Å². The van der Waals surface area contributed by atoms with E-state index in [1.807, 2.05) is 30.3 Å². The van der Waals surface area contributed by atoms with E-state index >= 15 is 0 Å². The number of H-pyrrole nitrogens is 1. The first-order valence-corrected chi connectivity index (χ1v) is 7.40. The van der Waals surface area contributed by atoms with Gasteiger partial charge in [-0.1, -0.05) is 30.3 Å².